The first-order valence-electron chi connectivity index (χ1n) is 12.6. The molecule has 3 aromatic rings. The Balaban J connectivity index is 1.31. The van der Waals surface area contributed by atoms with E-state index in [1.54, 1.807) is 36.0 Å². The van der Waals surface area contributed by atoms with E-state index in [9.17, 15) is 14.4 Å². The number of para-hydroxylation sites is 2. The quantitative estimate of drug-likeness (QED) is 0.296. The van der Waals surface area contributed by atoms with Crippen molar-refractivity contribution < 1.29 is 14.4 Å². The van der Waals surface area contributed by atoms with Crippen LogP contribution in [0.1, 0.15) is 23.7 Å². The molecule has 0 radical (unpaired) electrons. The SMILES string of the molecule is CCC(Sc1cccc(NC(=O)N2c3ccccc3SC3C=CC=CC32)c1)C(=O)Nc1ccccc1C(N)=O. The van der Waals surface area contributed by atoms with Crippen LogP contribution in [0.25, 0.3) is 0 Å². The lowest BCUT2D eigenvalue weighted by Crippen LogP contribution is -2.49. The van der Waals surface area contributed by atoms with Gasteiger partial charge in [0.05, 0.1) is 33.5 Å². The van der Waals surface area contributed by atoms with Gasteiger partial charge in [-0.05, 0) is 48.9 Å². The highest BCUT2D eigenvalue weighted by Gasteiger charge is 2.36. The minimum atomic E-state index is -0.601. The Bertz CT molecular complexity index is 1470. The summed E-state index contributed by atoms with van der Waals surface area (Å²) in [6.45, 7) is 1.93. The van der Waals surface area contributed by atoms with E-state index in [-0.39, 0.29) is 28.8 Å². The van der Waals surface area contributed by atoms with Gasteiger partial charge in [-0.3, -0.25) is 14.5 Å². The van der Waals surface area contributed by atoms with Crippen molar-refractivity contribution in [2.75, 3.05) is 15.5 Å². The monoisotopic (exact) mass is 556 g/mol. The van der Waals surface area contributed by atoms with Gasteiger partial charge in [-0.2, -0.15) is 0 Å². The lowest BCUT2D eigenvalue weighted by Gasteiger charge is -2.40. The highest BCUT2D eigenvalue weighted by atomic mass is 32.2. The zero-order valence-corrected chi connectivity index (χ0v) is 22.9. The van der Waals surface area contributed by atoms with Crippen molar-refractivity contribution in [2.45, 2.75) is 39.7 Å². The van der Waals surface area contributed by atoms with Crippen molar-refractivity contribution in [2.24, 2.45) is 5.73 Å². The summed E-state index contributed by atoms with van der Waals surface area (Å²) in [6.07, 6.45) is 8.74. The average Bonchev–Trinajstić information content (AvgIpc) is 2.94. The van der Waals surface area contributed by atoms with E-state index < -0.39 is 11.2 Å². The van der Waals surface area contributed by atoms with Crippen LogP contribution in [0.15, 0.2) is 107 Å². The number of carbonyl (C=O) groups is 3. The first-order valence-corrected chi connectivity index (χ1v) is 14.4. The number of nitrogens with zero attached hydrogens (tertiary/aromatic N) is 1. The Morgan fingerprint density at radius 3 is 2.56 bits per heavy atom. The number of hydrogen-bond acceptors (Lipinski definition) is 5. The lowest BCUT2D eigenvalue weighted by molar-refractivity contribution is -0.115. The molecule has 0 bridgehead atoms. The van der Waals surface area contributed by atoms with E-state index in [0.29, 0.717) is 17.8 Å². The number of anilines is 3. The molecule has 9 heteroatoms. The Morgan fingerprint density at radius 1 is 0.974 bits per heavy atom. The molecule has 0 aromatic heterocycles. The van der Waals surface area contributed by atoms with Gasteiger partial charge in [0.2, 0.25) is 5.91 Å². The topological polar surface area (TPSA) is 105 Å². The van der Waals surface area contributed by atoms with E-state index >= 15 is 0 Å². The smallest absolute Gasteiger partial charge is 0.326 e. The third-order valence-electron chi connectivity index (χ3n) is 6.44. The van der Waals surface area contributed by atoms with Gasteiger partial charge in [0.15, 0.2) is 0 Å². The summed E-state index contributed by atoms with van der Waals surface area (Å²) in [5.41, 5.74) is 7.63. The van der Waals surface area contributed by atoms with Crippen LogP contribution in [-0.2, 0) is 4.79 Å². The maximum absolute atomic E-state index is 13.6. The minimum absolute atomic E-state index is 0.0936. The van der Waals surface area contributed by atoms with Crippen molar-refractivity contribution in [3.63, 3.8) is 0 Å². The first kappa shape index (κ1) is 26.6. The van der Waals surface area contributed by atoms with Crippen LogP contribution in [0.3, 0.4) is 0 Å². The summed E-state index contributed by atoms with van der Waals surface area (Å²) in [4.78, 5) is 42.1. The minimum Gasteiger partial charge on any atom is -0.366 e. The van der Waals surface area contributed by atoms with Gasteiger partial charge in [-0.1, -0.05) is 61.6 Å². The largest absolute Gasteiger partial charge is 0.366 e. The zero-order valence-electron chi connectivity index (χ0n) is 21.2. The summed E-state index contributed by atoms with van der Waals surface area (Å²) >= 11 is 3.16. The number of allylic oxidation sites excluding steroid dienone is 2. The standard InChI is InChI=1S/C30H28N4O3S2/c1-2-25(29(36)33-22-13-4-3-12-21(22)28(31)35)38-20-11-9-10-19(18-20)32-30(37)34-23-14-5-7-16-26(23)39-27-17-8-6-15-24(27)34/h3-18,23,25-26H,2H2,1H3,(H2,31,35)(H,32,37)(H,33,36). The molecule has 3 unspecified atom stereocenters. The molecule has 0 spiro atoms. The van der Waals surface area contributed by atoms with E-state index in [0.717, 1.165) is 15.5 Å². The maximum Gasteiger partial charge on any atom is 0.326 e. The molecule has 3 atom stereocenters. The van der Waals surface area contributed by atoms with Crippen molar-refractivity contribution in [3.8, 4) is 0 Å². The Kier molecular flexibility index (Phi) is 8.09. The number of nitrogens with one attached hydrogen (secondary N) is 2. The molecule has 3 aromatic carbocycles. The van der Waals surface area contributed by atoms with Gasteiger partial charge >= 0.3 is 6.03 Å². The van der Waals surface area contributed by atoms with Gasteiger partial charge in [-0.25, -0.2) is 4.79 Å². The number of benzene rings is 3. The average molecular weight is 557 g/mol. The zero-order chi connectivity index (χ0) is 27.4. The van der Waals surface area contributed by atoms with Gasteiger partial charge in [0.25, 0.3) is 5.91 Å². The highest BCUT2D eigenvalue weighted by Crippen LogP contribution is 2.43. The summed E-state index contributed by atoms with van der Waals surface area (Å²) in [5, 5.41) is 5.62. The van der Waals surface area contributed by atoms with Gasteiger partial charge in [0, 0.05) is 15.5 Å². The number of thioether (sulfide) groups is 2. The molecule has 1 heterocycles. The molecule has 198 valence electrons. The second-order valence-corrected chi connectivity index (χ2v) is 11.5. The summed E-state index contributed by atoms with van der Waals surface area (Å²) in [5.74, 6) is -0.827. The number of urea groups is 1. The van der Waals surface area contributed by atoms with E-state index in [1.807, 2.05) is 72.5 Å². The van der Waals surface area contributed by atoms with Crippen LogP contribution in [0.2, 0.25) is 0 Å². The lowest BCUT2D eigenvalue weighted by atomic mass is 10.1. The normalized spacial score (nSPS) is 18.0. The molecule has 7 nitrogen and oxygen atoms in total. The highest BCUT2D eigenvalue weighted by molar-refractivity contribution is 8.00. The number of amides is 4. The van der Waals surface area contributed by atoms with Gasteiger partial charge in [-0.15, -0.1) is 23.5 Å². The molecule has 4 amide bonds. The fraction of sp³-hybridized carbons (Fsp3) is 0.167. The molecule has 2 aliphatic rings. The Hall–Kier alpha value is -3.95. The molecule has 0 saturated heterocycles. The molecular weight excluding hydrogens is 528 g/mol. The molecule has 1 aliphatic carbocycles. The summed E-state index contributed by atoms with van der Waals surface area (Å²) < 4.78 is 0. The second-order valence-electron chi connectivity index (χ2n) is 9.05. The summed E-state index contributed by atoms with van der Waals surface area (Å²) in [6, 6.07) is 21.8. The Morgan fingerprint density at radius 2 is 1.74 bits per heavy atom. The Labute approximate surface area is 235 Å². The summed E-state index contributed by atoms with van der Waals surface area (Å²) in [7, 11) is 0. The van der Waals surface area contributed by atoms with Crippen LogP contribution in [0, 0.1) is 0 Å². The number of hydrogen-bond donors (Lipinski definition) is 3. The molecule has 5 rings (SSSR count). The van der Waals surface area contributed by atoms with Crippen molar-refractivity contribution in [3.05, 3.63) is 103 Å². The second kappa shape index (κ2) is 11.8. The number of primary amides is 1. The van der Waals surface area contributed by atoms with Crippen LogP contribution < -0.4 is 21.3 Å². The predicted molar refractivity (Wildman–Crippen MR) is 160 cm³/mol. The molecule has 1 aliphatic heterocycles. The number of nitrogens with two attached hydrogens (primary N) is 1. The number of fused-ring (bicyclic) bond motifs is 2. The van der Waals surface area contributed by atoms with Gasteiger partial charge < -0.3 is 16.4 Å². The number of carbonyl (C=O) groups excluding carboxylic acids is 3. The van der Waals surface area contributed by atoms with Crippen molar-refractivity contribution >= 4 is 58.4 Å². The molecule has 0 saturated carbocycles. The molecule has 0 fully saturated rings. The van der Waals surface area contributed by atoms with Gasteiger partial charge in [0.1, 0.15) is 0 Å². The van der Waals surface area contributed by atoms with Crippen molar-refractivity contribution in [1.82, 2.24) is 0 Å². The molecular formula is C30H28N4O3S2. The van der Waals surface area contributed by atoms with Crippen LogP contribution >= 0.6 is 23.5 Å². The van der Waals surface area contributed by atoms with Crippen LogP contribution in [-0.4, -0.2) is 34.4 Å². The van der Waals surface area contributed by atoms with Crippen LogP contribution in [0.5, 0.6) is 0 Å². The third kappa shape index (κ3) is 5.89. The van der Waals surface area contributed by atoms with Crippen molar-refractivity contribution in [1.29, 1.82) is 0 Å². The molecule has 39 heavy (non-hydrogen) atoms. The van der Waals surface area contributed by atoms with E-state index in [4.69, 9.17) is 5.73 Å². The van der Waals surface area contributed by atoms with Crippen LogP contribution in [0.4, 0.5) is 21.9 Å². The first-order chi connectivity index (χ1) is 18.9. The molecule has 4 N–H and O–H groups in total. The fourth-order valence-corrected chi connectivity index (χ4v) is 6.83. The predicted octanol–water partition coefficient (Wildman–Crippen LogP) is 6.30. The number of rotatable bonds is 7. The van der Waals surface area contributed by atoms with E-state index in [1.165, 1.54) is 11.8 Å². The fourth-order valence-electron chi connectivity index (χ4n) is 4.56. The third-order valence-corrected chi connectivity index (χ3v) is 9.10. The maximum atomic E-state index is 13.6. The van der Waals surface area contributed by atoms with E-state index in [2.05, 4.69) is 22.8 Å².